The summed E-state index contributed by atoms with van der Waals surface area (Å²) in [5.41, 5.74) is 0.925. The first-order valence-electron chi connectivity index (χ1n) is 10.2. The Morgan fingerprint density at radius 1 is 1.24 bits per heavy atom. The molecule has 0 unspecified atom stereocenters. The second-order valence-electron chi connectivity index (χ2n) is 7.42. The van der Waals surface area contributed by atoms with Crippen LogP contribution in [0.4, 0.5) is 0 Å². The Morgan fingerprint density at radius 3 is 2.69 bits per heavy atom. The molecule has 2 aromatic rings. The largest absolute Gasteiger partial charge is 0.460 e. The maximum atomic E-state index is 12.3. The van der Waals surface area contributed by atoms with Crippen molar-refractivity contribution >= 4 is 5.97 Å². The van der Waals surface area contributed by atoms with Gasteiger partial charge in [-0.2, -0.15) is 0 Å². The SMILES string of the molecule is CCc1cn([C@H]2C[C@H](OC(C)=O)[C@@H](CCCCc3ccccc3)O2)c(=O)[nH]c1=O. The van der Waals surface area contributed by atoms with E-state index in [2.05, 4.69) is 17.1 Å². The molecule has 0 amide bonds. The molecule has 3 atom stereocenters. The molecule has 7 heteroatoms. The van der Waals surface area contributed by atoms with Crippen LogP contribution in [-0.4, -0.2) is 27.7 Å². The highest BCUT2D eigenvalue weighted by Gasteiger charge is 2.38. The molecule has 1 aromatic carbocycles. The van der Waals surface area contributed by atoms with E-state index in [1.165, 1.54) is 17.1 Å². The molecule has 7 nitrogen and oxygen atoms in total. The molecule has 0 radical (unpaired) electrons. The minimum Gasteiger partial charge on any atom is -0.460 e. The Hall–Kier alpha value is -2.67. The van der Waals surface area contributed by atoms with E-state index in [0.29, 0.717) is 18.4 Å². The minimum absolute atomic E-state index is 0.274. The summed E-state index contributed by atoms with van der Waals surface area (Å²) in [5, 5.41) is 0. The Kier molecular flexibility index (Phi) is 7.04. The summed E-state index contributed by atoms with van der Waals surface area (Å²) in [5.74, 6) is -0.364. The summed E-state index contributed by atoms with van der Waals surface area (Å²) in [6.45, 7) is 3.23. The quantitative estimate of drug-likeness (QED) is 0.544. The van der Waals surface area contributed by atoms with Gasteiger partial charge in [-0.3, -0.25) is 19.1 Å². The van der Waals surface area contributed by atoms with Crippen molar-refractivity contribution in [1.82, 2.24) is 9.55 Å². The number of unbranched alkanes of at least 4 members (excludes halogenated alkanes) is 1. The van der Waals surface area contributed by atoms with Gasteiger partial charge in [0.1, 0.15) is 12.3 Å². The number of hydrogen-bond acceptors (Lipinski definition) is 5. The second kappa shape index (κ2) is 9.69. The van der Waals surface area contributed by atoms with Crippen molar-refractivity contribution in [2.45, 2.75) is 70.8 Å². The van der Waals surface area contributed by atoms with E-state index in [0.717, 1.165) is 25.7 Å². The lowest BCUT2D eigenvalue weighted by Gasteiger charge is -2.18. The van der Waals surface area contributed by atoms with Gasteiger partial charge in [0.2, 0.25) is 0 Å². The number of esters is 1. The highest BCUT2D eigenvalue weighted by atomic mass is 16.6. The molecule has 0 spiro atoms. The molecule has 1 aromatic heterocycles. The lowest BCUT2D eigenvalue weighted by molar-refractivity contribution is -0.149. The van der Waals surface area contributed by atoms with Gasteiger partial charge in [0.15, 0.2) is 0 Å². The third-order valence-corrected chi connectivity index (χ3v) is 5.28. The number of nitrogens with zero attached hydrogens (tertiary/aromatic N) is 1. The first kappa shape index (κ1) is 21.0. The van der Waals surface area contributed by atoms with E-state index in [-0.39, 0.29) is 17.6 Å². The lowest BCUT2D eigenvalue weighted by Crippen LogP contribution is -2.34. The number of aromatic amines is 1. The van der Waals surface area contributed by atoms with Gasteiger partial charge in [-0.1, -0.05) is 43.7 Å². The van der Waals surface area contributed by atoms with Crippen molar-refractivity contribution in [3.8, 4) is 0 Å². The van der Waals surface area contributed by atoms with Crippen LogP contribution < -0.4 is 11.2 Å². The zero-order valence-corrected chi connectivity index (χ0v) is 16.9. The second-order valence-corrected chi connectivity index (χ2v) is 7.42. The molecule has 156 valence electrons. The summed E-state index contributed by atoms with van der Waals surface area (Å²) >= 11 is 0. The first-order valence-corrected chi connectivity index (χ1v) is 10.2. The molecule has 3 rings (SSSR count). The van der Waals surface area contributed by atoms with Gasteiger partial charge in [-0.15, -0.1) is 0 Å². The number of H-pyrrole nitrogens is 1. The van der Waals surface area contributed by atoms with Crippen molar-refractivity contribution in [3.05, 3.63) is 68.5 Å². The third-order valence-electron chi connectivity index (χ3n) is 5.28. The number of rotatable bonds is 8. The molecule has 1 saturated heterocycles. The van der Waals surface area contributed by atoms with Crippen LogP contribution in [0.1, 0.15) is 56.9 Å². The number of hydrogen-bond donors (Lipinski definition) is 1. The van der Waals surface area contributed by atoms with Crippen molar-refractivity contribution < 1.29 is 14.3 Å². The van der Waals surface area contributed by atoms with E-state index >= 15 is 0 Å². The van der Waals surface area contributed by atoms with E-state index < -0.39 is 18.0 Å². The third kappa shape index (κ3) is 5.44. The maximum absolute atomic E-state index is 12.3. The van der Waals surface area contributed by atoms with E-state index in [4.69, 9.17) is 9.47 Å². The molecule has 2 heterocycles. The normalized spacial score (nSPS) is 21.2. The molecule has 0 aliphatic carbocycles. The minimum atomic E-state index is -0.562. The van der Waals surface area contributed by atoms with Gasteiger partial charge in [0.05, 0.1) is 6.10 Å². The molecule has 0 bridgehead atoms. The summed E-state index contributed by atoms with van der Waals surface area (Å²) in [4.78, 5) is 38.0. The number of ether oxygens (including phenoxy) is 2. The van der Waals surface area contributed by atoms with E-state index in [1.54, 1.807) is 6.20 Å². The number of benzene rings is 1. The summed E-state index contributed by atoms with van der Waals surface area (Å²) in [7, 11) is 0. The van der Waals surface area contributed by atoms with Gasteiger partial charge in [0, 0.05) is 25.1 Å². The summed E-state index contributed by atoms with van der Waals surface area (Å²) in [6.07, 6.45) is 4.85. The van der Waals surface area contributed by atoms with Gasteiger partial charge < -0.3 is 9.47 Å². The molecular formula is C22H28N2O5. The molecule has 1 fully saturated rings. The maximum Gasteiger partial charge on any atom is 0.330 e. The van der Waals surface area contributed by atoms with Crippen molar-refractivity contribution in [2.75, 3.05) is 0 Å². The van der Waals surface area contributed by atoms with Crippen LogP contribution in [0.3, 0.4) is 0 Å². The average molecular weight is 400 g/mol. The predicted molar refractivity (Wildman–Crippen MR) is 109 cm³/mol. The fourth-order valence-electron chi connectivity index (χ4n) is 3.78. The summed E-state index contributed by atoms with van der Waals surface area (Å²) < 4.78 is 13.0. The van der Waals surface area contributed by atoms with Crippen molar-refractivity contribution in [3.63, 3.8) is 0 Å². The van der Waals surface area contributed by atoms with Gasteiger partial charge in [-0.05, 0) is 31.2 Å². The molecular weight excluding hydrogens is 372 g/mol. The van der Waals surface area contributed by atoms with E-state index in [1.807, 2.05) is 25.1 Å². The molecule has 29 heavy (non-hydrogen) atoms. The Morgan fingerprint density at radius 2 is 2.00 bits per heavy atom. The van der Waals surface area contributed by atoms with Crippen molar-refractivity contribution in [2.24, 2.45) is 0 Å². The monoisotopic (exact) mass is 400 g/mol. The van der Waals surface area contributed by atoms with Crippen LogP contribution in [0.5, 0.6) is 0 Å². The number of nitrogens with one attached hydrogen (secondary N) is 1. The van der Waals surface area contributed by atoms with Gasteiger partial charge in [-0.25, -0.2) is 4.79 Å². The Labute approximate surface area is 169 Å². The highest BCUT2D eigenvalue weighted by Crippen LogP contribution is 2.32. The lowest BCUT2D eigenvalue weighted by atomic mass is 10.0. The predicted octanol–water partition coefficient (Wildman–Crippen LogP) is 2.73. The van der Waals surface area contributed by atoms with Crippen molar-refractivity contribution in [1.29, 1.82) is 0 Å². The Balaban J connectivity index is 1.66. The molecule has 0 saturated carbocycles. The molecule has 1 aliphatic rings. The van der Waals surface area contributed by atoms with Crippen LogP contribution >= 0.6 is 0 Å². The van der Waals surface area contributed by atoms with Crippen LogP contribution in [0.2, 0.25) is 0 Å². The number of aromatic nitrogens is 2. The zero-order chi connectivity index (χ0) is 20.8. The first-order chi connectivity index (χ1) is 14.0. The van der Waals surface area contributed by atoms with Crippen LogP contribution in [0.15, 0.2) is 46.1 Å². The number of carbonyl (C=O) groups is 1. The van der Waals surface area contributed by atoms with Crippen LogP contribution in [0.25, 0.3) is 0 Å². The molecule has 1 N–H and O–H groups in total. The van der Waals surface area contributed by atoms with E-state index in [9.17, 15) is 14.4 Å². The highest BCUT2D eigenvalue weighted by molar-refractivity contribution is 5.66. The topological polar surface area (TPSA) is 90.4 Å². The standard InChI is InChI=1S/C22H28N2O5/c1-3-17-14-24(22(27)23-21(17)26)20-13-19(28-15(2)25)18(29-20)12-8-7-11-16-9-5-4-6-10-16/h4-6,9-10,14,18-20H,3,7-8,11-13H2,1-2H3,(H,23,26,27)/t18-,19+,20-/m1/s1. The number of carbonyl (C=O) groups excluding carboxylic acids is 1. The zero-order valence-electron chi connectivity index (χ0n) is 16.9. The summed E-state index contributed by atoms with van der Waals surface area (Å²) in [6, 6.07) is 10.3. The van der Waals surface area contributed by atoms with Gasteiger partial charge in [0.25, 0.3) is 5.56 Å². The smallest absolute Gasteiger partial charge is 0.330 e. The Bertz CT molecular complexity index is 934. The van der Waals surface area contributed by atoms with Gasteiger partial charge >= 0.3 is 11.7 Å². The fraction of sp³-hybridized carbons (Fsp3) is 0.500. The molecule has 1 aliphatic heterocycles. The van der Waals surface area contributed by atoms with Crippen LogP contribution in [-0.2, 0) is 27.1 Å². The number of aryl methyl sites for hydroxylation is 2. The van der Waals surface area contributed by atoms with Crippen LogP contribution in [0, 0.1) is 0 Å². The average Bonchev–Trinajstić information content (AvgIpc) is 3.08. The fourth-order valence-corrected chi connectivity index (χ4v) is 3.78.